The second-order valence-corrected chi connectivity index (χ2v) is 5.34. The third-order valence-electron chi connectivity index (χ3n) is 2.93. The highest BCUT2D eigenvalue weighted by Gasteiger charge is 2.28. The van der Waals surface area contributed by atoms with E-state index in [-0.39, 0.29) is 11.9 Å². The van der Waals surface area contributed by atoms with Gasteiger partial charge in [-0.05, 0) is 25.8 Å². The molecule has 1 fully saturated rings. The number of amides is 1. The van der Waals surface area contributed by atoms with Crippen molar-refractivity contribution in [3.05, 3.63) is 16.1 Å². The monoisotopic (exact) mass is 239 g/mol. The fourth-order valence-corrected chi connectivity index (χ4v) is 2.58. The minimum atomic E-state index is -0.0280. The Labute approximate surface area is 99.5 Å². The van der Waals surface area contributed by atoms with Gasteiger partial charge in [0.15, 0.2) is 0 Å². The lowest BCUT2D eigenvalue weighted by atomic mass is 10.0. The fourth-order valence-electron chi connectivity index (χ4n) is 1.96. The smallest absolute Gasteiger partial charge is 0.237 e. The highest BCUT2D eigenvalue weighted by molar-refractivity contribution is 7.09. The van der Waals surface area contributed by atoms with E-state index >= 15 is 0 Å². The normalized spacial score (nSPS) is 24.6. The molecule has 1 amide bonds. The molecule has 1 aromatic rings. The summed E-state index contributed by atoms with van der Waals surface area (Å²) in [5.74, 6) is 0.521. The van der Waals surface area contributed by atoms with E-state index in [2.05, 4.69) is 22.5 Å². The van der Waals surface area contributed by atoms with Crippen LogP contribution in [0.15, 0.2) is 5.38 Å². The maximum absolute atomic E-state index is 11.8. The van der Waals surface area contributed by atoms with Gasteiger partial charge in [0.1, 0.15) is 0 Å². The number of carbonyl (C=O) groups excluding carboxylic acids is 1. The predicted octanol–water partition coefficient (Wildman–Crippen LogP) is 1.07. The van der Waals surface area contributed by atoms with E-state index in [1.807, 2.05) is 12.3 Å². The van der Waals surface area contributed by atoms with Crippen molar-refractivity contribution in [2.24, 2.45) is 5.92 Å². The van der Waals surface area contributed by atoms with Crippen LogP contribution in [0.5, 0.6) is 0 Å². The molecule has 0 saturated carbocycles. The van der Waals surface area contributed by atoms with Crippen molar-refractivity contribution < 1.29 is 4.79 Å². The Balaban J connectivity index is 1.83. The number of thiazole rings is 1. The summed E-state index contributed by atoms with van der Waals surface area (Å²) in [4.78, 5) is 16.1. The van der Waals surface area contributed by atoms with E-state index in [1.54, 1.807) is 11.3 Å². The van der Waals surface area contributed by atoms with Gasteiger partial charge in [0.2, 0.25) is 5.91 Å². The molecule has 16 heavy (non-hydrogen) atoms. The van der Waals surface area contributed by atoms with E-state index in [9.17, 15) is 4.79 Å². The highest BCUT2D eigenvalue weighted by atomic mass is 32.1. The topological polar surface area (TPSA) is 54.0 Å². The molecule has 2 rings (SSSR count). The standard InChI is InChI=1S/C11H17N3OS/c1-7-3-4-12-10(7)11(15)13-5-9-6-16-8(2)14-9/h6-7,10,12H,3-5H2,1-2H3,(H,13,15). The van der Waals surface area contributed by atoms with Gasteiger partial charge in [-0.25, -0.2) is 4.98 Å². The summed E-state index contributed by atoms with van der Waals surface area (Å²) in [6, 6.07) is -0.0280. The Bertz CT molecular complexity index is 377. The van der Waals surface area contributed by atoms with E-state index in [0.717, 1.165) is 23.7 Å². The van der Waals surface area contributed by atoms with Crippen LogP contribution >= 0.6 is 11.3 Å². The lowest BCUT2D eigenvalue weighted by Gasteiger charge is -2.14. The first-order valence-corrected chi connectivity index (χ1v) is 6.47. The van der Waals surface area contributed by atoms with Gasteiger partial charge < -0.3 is 10.6 Å². The van der Waals surface area contributed by atoms with Crippen molar-refractivity contribution in [2.45, 2.75) is 32.9 Å². The van der Waals surface area contributed by atoms with E-state index in [0.29, 0.717) is 12.5 Å². The van der Waals surface area contributed by atoms with Gasteiger partial charge in [0.05, 0.1) is 23.3 Å². The lowest BCUT2D eigenvalue weighted by molar-refractivity contribution is -0.123. The van der Waals surface area contributed by atoms with Crippen LogP contribution in [0, 0.1) is 12.8 Å². The molecule has 2 unspecified atom stereocenters. The molecule has 5 heteroatoms. The van der Waals surface area contributed by atoms with Gasteiger partial charge in [0, 0.05) is 5.38 Å². The molecule has 4 nitrogen and oxygen atoms in total. The number of hydrogen-bond acceptors (Lipinski definition) is 4. The first-order valence-electron chi connectivity index (χ1n) is 5.59. The van der Waals surface area contributed by atoms with Gasteiger partial charge in [-0.1, -0.05) is 6.92 Å². The second-order valence-electron chi connectivity index (χ2n) is 4.27. The molecular formula is C11H17N3OS. The van der Waals surface area contributed by atoms with Crippen molar-refractivity contribution in [2.75, 3.05) is 6.54 Å². The van der Waals surface area contributed by atoms with Crippen molar-refractivity contribution in [1.29, 1.82) is 0 Å². The van der Waals surface area contributed by atoms with Crippen LogP contribution in [0.3, 0.4) is 0 Å². The Kier molecular flexibility index (Phi) is 3.56. The molecule has 88 valence electrons. The maximum Gasteiger partial charge on any atom is 0.237 e. The van der Waals surface area contributed by atoms with Crippen molar-refractivity contribution in [1.82, 2.24) is 15.6 Å². The van der Waals surface area contributed by atoms with Crippen LogP contribution in [-0.4, -0.2) is 23.5 Å². The van der Waals surface area contributed by atoms with Crippen LogP contribution in [0.25, 0.3) is 0 Å². The van der Waals surface area contributed by atoms with Crippen LogP contribution in [-0.2, 0) is 11.3 Å². The summed E-state index contributed by atoms with van der Waals surface area (Å²) >= 11 is 1.61. The fraction of sp³-hybridized carbons (Fsp3) is 0.636. The summed E-state index contributed by atoms with van der Waals surface area (Å²) in [5.41, 5.74) is 0.946. The molecular weight excluding hydrogens is 222 g/mol. The number of aromatic nitrogens is 1. The minimum Gasteiger partial charge on any atom is -0.349 e. The summed E-state index contributed by atoms with van der Waals surface area (Å²) in [5, 5.41) is 9.17. The third-order valence-corrected chi connectivity index (χ3v) is 3.75. The number of hydrogen-bond donors (Lipinski definition) is 2. The minimum absolute atomic E-state index is 0.0280. The van der Waals surface area contributed by atoms with E-state index in [4.69, 9.17) is 0 Å². The summed E-state index contributed by atoms with van der Waals surface area (Å²) < 4.78 is 0. The SMILES string of the molecule is Cc1nc(CNC(=O)C2NCCC2C)cs1. The predicted molar refractivity (Wildman–Crippen MR) is 64.3 cm³/mol. The number of carbonyl (C=O) groups is 1. The molecule has 2 atom stereocenters. The van der Waals surface area contributed by atoms with E-state index < -0.39 is 0 Å². The summed E-state index contributed by atoms with van der Waals surface area (Å²) in [6.45, 7) is 5.55. The molecule has 2 N–H and O–H groups in total. The quantitative estimate of drug-likeness (QED) is 0.829. The number of nitrogens with one attached hydrogen (secondary N) is 2. The average Bonchev–Trinajstić information content (AvgIpc) is 2.84. The molecule has 0 spiro atoms. The molecule has 1 aliphatic heterocycles. The van der Waals surface area contributed by atoms with Crippen molar-refractivity contribution in [3.63, 3.8) is 0 Å². The van der Waals surface area contributed by atoms with Crippen molar-refractivity contribution in [3.8, 4) is 0 Å². The molecule has 1 saturated heterocycles. The Morgan fingerprint density at radius 1 is 1.75 bits per heavy atom. The first kappa shape index (κ1) is 11.5. The van der Waals surface area contributed by atoms with Gasteiger partial charge in [-0.3, -0.25) is 4.79 Å². The molecule has 0 aliphatic carbocycles. The average molecular weight is 239 g/mol. The number of nitrogens with zero attached hydrogens (tertiary/aromatic N) is 1. The van der Waals surface area contributed by atoms with Crippen molar-refractivity contribution >= 4 is 17.2 Å². The second kappa shape index (κ2) is 4.93. The van der Waals surface area contributed by atoms with Crippen LogP contribution in [0.1, 0.15) is 24.0 Å². The van der Waals surface area contributed by atoms with Crippen LogP contribution < -0.4 is 10.6 Å². The zero-order valence-corrected chi connectivity index (χ0v) is 10.4. The third kappa shape index (κ3) is 2.59. The number of rotatable bonds is 3. The zero-order chi connectivity index (χ0) is 11.5. The van der Waals surface area contributed by atoms with Gasteiger partial charge >= 0.3 is 0 Å². The Morgan fingerprint density at radius 3 is 3.12 bits per heavy atom. The summed E-state index contributed by atoms with van der Waals surface area (Å²) in [7, 11) is 0. The molecule has 0 radical (unpaired) electrons. The Hall–Kier alpha value is -0.940. The van der Waals surface area contributed by atoms with Crippen LogP contribution in [0.2, 0.25) is 0 Å². The first-order chi connectivity index (χ1) is 7.66. The number of aryl methyl sites for hydroxylation is 1. The Morgan fingerprint density at radius 2 is 2.56 bits per heavy atom. The van der Waals surface area contributed by atoms with Crippen LogP contribution in [0.4, 0.5) is 0 Å². The largest absolute Gasteiger partial charge is 0.349 e. The lowest BCUT2D eigenvalue weighted by Crippen LogP contribution is -2.42. The molecule has 0 bridgehead atoms. The van der Waals surface area contributed by atoms with Gasteiger partial charge in [-0.15, -0.1) is 11.3 Å². The van der Waals surface area contributed by atoms with E-state index in [1.165, 1.54) is 0 Å². The summed E-state index contributed by atoms with van der Waals surface area (Å²) in [6.07, 6.45) is 1.08. The maximum atomic E-state index is 11.8. The van der Waals surface area contributed by atoms with Gasteiger partial charge in [0.25, 0.3) is 0 Å². The van der Waals surface area contributed by atoms with Gasteiger partial charge in [-0.2, -0.15) is 0 Å². The highest BCUT2D eigenvalue weighted by Crippen LogP contribution is 2.14. The molecule has 0 aromatic carbocycles. The molecule has 1 aromatic heterocycles. The zero-order valence-electron chi connectivity index (χ0n) is 9.62. The molecule has 2 heterocycles. The molecule has 1 aliphatic rings.